The van der Waals surface area contributed by atoms with Crippen molar-refractivity contribution >= 4 is 38.8 Å². The van der Waals surface area contributed by atoms with E-state index in [-0.39, 0.29) is 31.1 Å². The van der Waals surface area contributed by atoms with Crippen LogP contribution in [0.5, 0.6) is 0 Å². The van der Waals surface area contributed by atoms with Gasteiger partial charge in [0.25, 0.3) is 0 Å². The number of rotatable bonds is 10. The molecule has 0 fully saturated rings. The minimum atomic E-state index is -4.87. The third-order valence-electron chi connectivity index (χ3n) is 5.94. The molecule has 4 rings (SSSR count). The highest BCUT2D eigenvalue weighted by Gasteiger charge is 2.35. The van der Waals surface area contributed by atoms with Gasteiger partial charge in [0.2, 0.25) is 10.0 Å². The molecular weight excluding hydrogens is 625 g/mol. The predicted octanol–water partition coefficient (Wildman–Crippen LogP) is 4.35. The van der Waals surface area contributed by atoms with E-state index in [0.717, 1.165) is 0 Å². The summed E-state index contributed by atoms with van der Waals surface area (Å²) >= 11 is 0. The van der Waals surface area contributed by atoms with Crippen LogP contribution < -0.4 is 26.4 Å². The Labute approximate surface area is 244 Å². The second kappa shape index (κ2) is 12.6. The van der Waals surface area contributed by atoms with Crippen LogP contribution in [0.3, 0.4) is 0 Å². The van der Waals surface area contributed by atoms with Crippen molar-refractivity contribution in [3.05, 3.63) is 71.9 Å². The normalized spacial score (nSPS) is 12.4. The molecule has 11 nitrogen and oxygen atoms in total. The molecule has 44 heavy (non-hydrogen) atoms. The number of carbonyl (C=O) groups excluding carboxylic acids is 1. The number of hydrogen-bond acceptors (Lipinski definition) is 7. The van der Waals surface area contributed by atoms with Crippen molar-refractivity contribution in [1.82, 2.24) is 24.6 Å². The van der Waals surface area contributed by atoms with E-state index in [0.29, 0.717) is 40.5 Å². The first kappa shape index (κ1) is 32.4. The molecule has 0 atom stereocenters. The number of halogens is 7. The molecular formula is C25H23F7N8O3S. The number of nitrogen functional groups attached to an aromatic ring is 1. The predicted molar refractivity (Wildman–Crippen MR) is 146 cm³/mol. The van der Waals surface area contributed by atoms with E-state index in [1.807, 2.05) is 10.0 Å². The van der Waals surface area contributed by atoms with Gasteiger partial charge in [-0.05, 0) is 42.0 Å². The molecule has 0 bridgehead atoms. The summed E-state index contributed by atoms with van der Waals surface area (Å²) in [6, 6.07) is 8.47. The summed E-state index contributed by atoms with van der Waals surface area (Å²) in [5, 5.41) is 11.5. The van der Waals surface area contributed by atoms with Gasteiger partial charge in [0.05, 0.1) is 16.9 Å². The quantitative estimate of drug-likeness (QED) is 0.127. The van der Waals surface area contributed by atoms with E-state index in [2.05, 4.69) is 20.7 Å². The van der Waals surface area contributed by atoms with Crippen LogP contribution in [-0.2, 0) is 22.7 Å². The Bertz CT molecular complexity index is 1760. The van der Waals surface area contributed by atoms with Gasteiger partial charge in [-0.3, -0.25) is 0 Å². The Kier molecular flexibility index (Phi) is 9.30. The zero-order chi connectivity index (χ0) is 32.3. The Balaban J connectivity index is 1.43. The average molecular weight is 649 g/mol. The molecule has 2 amide bonds. The Morgan fingerprint density at radius 2 is 1.66 bits per heavy atom. The molecule has 4 aromatic rings. The zero-order valence-corrected chi connectivity index (χ0v) is 23.0. The lowest BCUT2D eigenvalue weighted by Crippen LogP contribution is -2.37. The number of nitrogens with zero attached hydrogens (tertiary/aromatic N) is 3. The van der Waals surface area contributed by atoms with E-state index in [9.17, 15) is 43.9 Å². The number of nitrogens with two attached hydrogens (primary N) is 1. The SMILES string of the molecule is Nc1ncnn2c(CNCCNS(=O)(=O)CC(F)(F)F)cc(-c3ccc(NC(=O)Nc4cc(C(F)(F)F)ccc4F)cc3)c12. The second-order valence-electron chi connectivity index (χ2n) is 9.25. The van der Waals surface area contributed by atoms with Crippen LogP contribution in [0.2, 0.25) is 0 Å². The van der Waals surface area contributed by atoms with E-state index >= 15 is 0 Å². The van der Waals surface area contributed by atoms with Crippen LogP contribution >= 0.6 is 0 Å². The summed E-state index contributed by atoms with van der Waals surface area (Å²) in [5.74, 6) is -2.93. The van der Waals surface area contributed by atoms with Crippen LogP contribution in [0, 0.1) is 5.82 Å². The number of urea groups is 1. The first-order chi connectivity index (χ1) is 20.5. The van der Waals surface area contributed by atoms with Crippen LogP contribution in [0.1, 0.15) is 11.3 Å². The maximum Gasteiger partial charge on any atom is 0.416 e. The summed E-state index contributed by atoms with van der Waals surface area (Å²) < 4.78 is 116. The van der Waals surface area contributed by atoms with Gasteiger partial charge >= 0.3 is 18.4 Å². The summed E-state index contributed by atoms with van der Waals surface area (Å²) in [7, 11) is -4.54. The topological polar surface area (TPSA) is 156 Å². The molecule has 0 radical (unpaired) electrons. The number of sulfonamides is 1. The number of benzene rings is 2. The third-order valence-corrected chi connectivity index (χ3v) is 7.29. The highest BCUT2D eigenvalue weighted by molar-refractivity contribution is 7.89. The first-order valence-corrected chi connectivity index (χ1v) is 14.1. The van der Waals surface area contributed by atoms with E-state index in [1.54, 1.807) is 18.2 Å². The smallest absolute Gasteiger partial charge is 0.382 e. The minimum Gasteiger partial charge on any atom is -0.382 e. The molecule has 0 saturated carbocycles. The van der Waals surface area contributed by atoms with Crippen LogP contribution in [-0.4, -0.2) is 54.1 Å². The van der Waals surface area contributed by atoms with Crippen molar-refractivity contribution in [3.63, 3.8) is 0 Å². The lowest BCUT2D eigenvalue weighted by atomic mass is 10.1. The minimum absolute atomic E-state index is 0.00690. The largest absolute Gasteiger partial charge is 0.416 e. The van der Waals surface area contributed by atoms with Gasteiger partial charge in [-0.2, -0.15) is 31.4 Å². The Hall–Kier alpha value is -4.49. The van der Waals surface area contributed by atoms with Crippen LogP contribution in [0.15, 0.2) is 54.9 Å². The lowest BCUT2D eigenvalue weighted by Gasteiger charge is -2.12. The number of amides is 2. The molecule has 19 heteroatoms. The van der Waals surface area contributed by atoms with Gasteiger partial charge in [0.15, 0.2) is 11.6 Å². The standard InChI is InChI=1S/C25H23F7N8O3S/c26-19-6-3-15(25(30,31)32)9-20(19)39-23(41)38-16-4-1-14(2-5-16)18-10-17(40-21(18)22(33)35-13-36-40)11-34-7-8-37-44(42,43)12-24(27,28)29/h1-6,9-10,13,34,37H,7-8,11-12H2,(H2,33,35,36)(H2,38,39,41). The number of hydrogen-bond donors (Lipinski definition) is 5. The zero-order valence-electron chi connectivity index (χ0n) is 22.2. The molecule has 236 valence electrons. The number of fused-ring (bicyclic) bond motifs is 1. The molecule has 0 aliphatic heterocycles. The molecule has 6 N–H and O–H groups in total. The number of alkyl halides is 6. The lowest BCUT2D eigenvalue weighted by molar-refractivity contribution is -0.137. The summed E-state index contributed by atoms with van der Waals surface area (Å²) in [6.45, 7) is -0.189. The molecule has 2 aromatic carbocycles. The van der Waals surface area contributed by atoms with Crippen molar-refractivity contribution in [3.8, 4) is 11.1 Å². The average Bonchev–Trinajstić information content (AvgIpc) is 3.28. The number of aromatic nitrogens is 3. The van der Waals surface area contributed by atoms with Crippen molar-refractivity contribution in [2.24, 2.45) is 0 Å². The fourth-order valence-corrected chi connectivity index (χ4v) is 5.02. The highest BCUT2D eigenvalue weighted by atomic mass is 32.2. The molecule has 0 aliphatic carbocycles. The molecule has 0 unspecified atom stereocenters. The monoisotopic (exact) mass is 648 g/mol. The van der Waals surface area contributed by atoms with E-state index in [1.165, 1.54) is 23.0 Å². The van der Waals surface area contributed by atoms with Gasteiger partial charge in [-0.15, -0.1) is 0 Å². The van der Waals surface area contributed by atoms with Crippen LogP contribution in [0.25, 0.3) is 16.6 Å². The summed E-state index contributed by atoms with van der Waals surface area (Å²) in [5.41, 5.74) is 6.61. The maximum atomic E-state index is 14.0. The van der Waals surface area contributed by atoms with E-state index in [4.69, 9.17) is 5.73 Å². The van der Waals surface area contributed by atoms with Gasteiger partial charge in [-0.1, -0.05) is 12.1 Å². The summed E-state index contributed by atoms with van der Waals surface area (Å²) in [6.07, 6.45) is -8.39. The van der Waals surface area contributed by atoms with Gasteiger partial charge in [0.1, 0.15) is 17.7 Å². The van der Waals surface area contributed by atoms with Crippen molar-refractivity contribution in [2.75, 3.05) is 35.2 Å². The number of nitrogens with one attached hydrogen (secondary N) is 4. The Morgan fingerprint density at radius 3 is 2.32 bits per heavy atom. The van der Waals surface area contributed by atoms with Crippen molar-refractivity contribution in [1.29, 1.82) is 0 Å². The fourth-order valence-electron chi connectivity index (χ4n) is 4.07. The molecule has 0 saturated heterocycles. The van der Waals surface area contributed by atoms with Crippen molar-refractivity contribution in [2.45, 2.75) is 18.9 Å². The first-order valence-electron chi connectivity index (χ1n) is 12.4. The van der Waals surface area contributed by atoms with Gasteiger partial charge < -0.3 is 21.7 Å². The van der Waals surface area contributed by atoms with Crippen LogP contribution in [0.4, 0.5) is 52.7 Å². The maximum absolute atomic E-state index is 14.0. The van der Waals surface area contributed by atoms with E-state index < -0.39 is 51.2 Å². The highest BCUT2D eigenvalue weighted by Crippen LogP contribution is 2.33. The fraction of sp³-hybridized carbons (Fsp3) is 0.240. The molecule has 2 aromatic heterocycles. The number of carbonyl (C=O) groups is 1. The van der Waals surface area contributed by atoms with Crippen molar-refractivity contribution < 1.29 is 43.9 Å². The third kappa shape index (κ3) is 8.32. The summed E-state index contributed by atoms with van der Waals surface area (Å²) in [4.78, 5) is 16.3. The van der Waals surface area contributed by atoms with Gasteiger partial charge in [-0.25, -0.2) is 31.8 Å². The van der Waals surface area contributed by atoms with Gasteiger partial charge in [0, 0.05) is 30.9 Å². The Morgan fingerprint density at radius 1 is 0.955 bits per heavy atom. The second-order valence-corrected chi connectivity index (χ2v) is 11.1. The molecule has 0 aliphatic rings. The number of anilines is 3. The molecule has 2 heterocycles. The molecule has 0 spiro atoms.